The van der Waals surface area contributed by atoms with Crippen molar-refractivity contribution in [3.8, 4) is 17.9 Å². The Kier molecular flexibility index (Phi) is 5.52. The van der Waals surface area contributed by atoms with Gasteiger partial charge >= 0.3 is 0 Å². The molecular weight excluding hydrogens is 278 g/mol. The number of nitrogens with one attached hydrogen (secondary N) is 1. The fourth-order valence-electron chi connectivity index (χ4n) is 1.04. The van der Waals surface area contributed by atoms with Crippen LogP contribution in [0.3, 0.4) is 0 Å². The van der Waals surface area contributed by atoms with Crippen molar-refractivity contribution in [2.24, 2.45) is 5.10 Å². The first kappa shape index (κ1) is 14.7. The molecule has 8 heteroatoms. The topological polar surface area (TPSA) is 81.2 Å². The first-order valence-electron chi connectivity index (χ1n) is 4.91. The van der Waals surface area contributed by atoms with E-state index in [0.717, 1.165) is 0 Å². The van der Waals surface area contributed by atoms with Crippen LogP contribution >= 0.6 is 11.6 Å². The van der Waals surface area contributed by atoms with E-state index in [1.807, 2.05) is 0 Å². The van der Waals surface area contributed by atoms with Crippen LogP contribution in [-0.4, -0.2) is 18.7 Å². The molecule has 0 radical (unpaired) electrons. The molecule has 5 nitrogen and oxygen atoms in total. The molecule has 0 aliphatic rings. The second kappa shape index (κ2) is 7.14. The summed E-state index contributed by atoms with van der Waals surface area (Å²) in [5, 5.41) is 20.5. The van der Waals surface area contributed by atoms with Crippen LogP contribution in [0.1, 0.15) is 0 Å². The lowest BCUT2D eigenvalue weighted by atomic mass is 10.3. The zero-order chi connectivity index (χ0) is 14.3. The monoisotopic (exact) mass is 284 g/mol. The van der Waals surface area contributed by atoms with Crippen LogP contribution in [0.25, 0.3) is 0 Å². The normalized spacial score (nSPS) is 9.37. The van der Waals surface area contributed by atoms with Crippen molar-refractivity contribution in [3.05, 3.63) is 23.2 Å². The van der Waals surface area contributed by atoms with Crippen molar-refractivity contribution in [2.45, 2.75) is 6.43 Å². The summed E-state index contributed by atoms with van der Waals surface area (Å²) in [5.74, 6) is 0.109. The number of halogens is 3. The zero-order valence-corrected chi connectivity index (χ0v) is 10.2. The minimum Gasteiger partial charge on any atom is -0.486 e. The van der Waals surface area contributed by atoms with Gasteiger partial charge in [-0.05, 0) is 18.2 Å². The Morgan fingerprint density at radius 2 is 2.11 bits per heavy atom. The second-order valence-corrected chi connectivity index (χ2v) is 3.55. The SMILES string of the molecule is N#CC(C#N)=NNc1ccc(OCC(F)F)c(Cl)c1. The molecule has 0 amide bonds. The van der Waals surface area contributed by atoms with Crippen molar-refractivity contribution in [1.29, 1.82) is 10.5 Å². The first-order chi connectivity index (χ1) is 9.06. The Bertz CT molecular complexity index is 547. The molecule has 98 valence electrons. The van der Waals surface area contributed by atoms with Crippen LogP contribution < -0.4 is 10.2 Å². The van der Waals surface area contributed by atoms with Crippen molar-refractivity contribution in [3.63, 3.8) is 0 Å². The van der Waals surface area contributed by atoms with Gasteiger partial charge in [-0.1, -0.05) is 11.6 Å². The number of hydrogen-bond donors (Lipinski definition) is 1. The molecule has 1 aromatic carbocycles. The fourth-order valence-corrected chi connectivity index (χ4v) is 1.27. The van der Waals surface area contributed by atoms with Crippen molar-refractivity contribution < 1.29 is 13.5 Å². The molecule has 0 spiro atoms. The third-order valence-electron chi connectivity index (χ3n) is 1.81. The summed E-state index contributed by atoms with van der Waals surface area (Å²) >= 11 is 5.81. The van der Waals surface area contributed by atoms with Crippen LogP contribution in [0, 0.1) is 22.7 Å². The van der Waals surface area contributed by atoms with Crippen LogP contribution in [0.2, 0.25) is 5.02 Å². The minimum absolute atomic E-state index is 0.108. The predicted octanol–water partition coefficient (Wildman–Crippen LogP) is 2.80. The van der Waals surface area contributed by atoms with E-state index in [4.69, 9.17) is 26.9 Å². The van der Waals surface area contributed by atoms with E-state index in [1.54, 1.807) is 12.1 Å². The third kappa shape index (κ3) is 4.78. The maximum atomic E-state index is 12.0. The summed E-state index contributed by atoms with van der Waals surface area (Å²) in [7, 11) is 0. The molecule has 0 bridgehead atoms. The van der Waals surface area contributed by atoms with Crippen LogP contribution in [-0.2, 0) is 0 Å². The lowest BCUT2D eigenvalue weighted by Gasteiger charge is -2.08. The summed E-state index contributed by atoms with van der Waals surface area (Å²) in [4.78, 5) is 0. The number of nitrogens with zero attached hydrogens (tertiary/aromatic N) is 3. The summed E-state index contributed by atoms with van der Waals surface area (Å²) in [6, 6.07) is 7.34. The number of alkyl halides is 2. The molecule has 0 aliphatic carbocycles. The van der Waals surface area contributed by atoms with Crippen LogP contribution in [0.4, 0.5) is 14.5 Å². The summed E-state index contributed by atoms with van der Waals surface area (Å²) in [6.45, 7) is -0.752. The number of ether oxygens (including phenoxy) is 1. The molecular formula is C11H7ClF2N4O. The van der Waals surface area contributed by atoms with E-state index in [-0.39, 0.29) is 16.5 Å². The number of rotatable bonds is 5. The largest absolute Gasteiger partial charge is 0.486 e. The predicted molar refractivity (Wildman–Crippen MR) is 65.2 cm³/mol. The number of benzene rings is 1. The maximum Gasteiger partial charge on any atom is 0.272 e. The molecule has 1 rings (SSSR count). The summed E-state index contributed by atoms with van der Waals surface area (Å²) < 4.78 is 28.7. The Hall–Kier alpha value is -2.38. The molecule has 0 fully saturated rings. The first-order valence-corrected chi connectivity index (χ1v) is 5.29. The van der Waals surface area contributed by atoms with Crippen LogP contribution in [0.5, 0.6) is 5.75 Å². The van der Waals surface area contributed by atoms with Gasteiger partial charge in [0.2, 0.25) is 5.71 Å². The summed E-state index contributed by atoms with van der Waals surface area (Å²) in [6.07, 6.45) is -2.59. The van der Waals surface area contributed by atoms with Gasteiger partial charge in [0.25, 0.3) is 6.43 Å². The lowest BCUT2D eigenvalue weighted by molar-refractivity contribution is 0.0819. The van der Waals surface area contributed by atoms with Gasteiger partial charge in [0.15, 0.2) is 0 Å². The average molecular weight is 285 g/mol. The molecule has 0 atom stereocenters. The standard InChI is InChI=1S/C11H7ClF2N4O/c12-9-3-7(17-18-8(4-15)5-16)1-2-10(9)19-6-11(13)14/h1-3,11,17H,6H2. The molecule has 19 heavy (non-hydrogen) atoms. The fraction of sp³-hybridized carbons (Fsp3) is 0.182. The van der Waals surface area contributed by atoms with E-state index in [9.17, 15) is 8.78 Å². The third-order valence-corrected chi connectivity index (χ3v) is 2.10. The van der Waals surface area contributed by atoms with Gasteiger partial charge in [-0.3, -0.25) is 5.43 Å². The van der Waals surface area contributed by atoms with Gasteiger partial charge < -0.3 is 4.74 Å². The van der Waals surface area contributed by atoms with Crippen LogP contribution in [0.15, 0.2) is 23.3 Å². The number of nitriles is 2. The Labute approximate surface area is 112 Å². The van der Waals surface area contributed by atoms with E-state index in [1.165, 1.54) is 18.2 Å². The van der Waals surface area contributed by atoms with Crippen molar-refractivity contribution >= 4 is 23.0 Å². The molecule has 0 heterocycles. The molecule has 0 saturated heterocycles. The highest BCUT2D eigenvalue weighted by atomic mass is 35.5. The van der Waals surface area contributed by atoms with Gasteiger partial charge in [0, 0.05) is 0 Å². The minimum atomic E-state index is -2.59. The van der Waals surface area contributed by atoms with Gasteiger partial charge in [-0.2, -0.15) is 15.6 Å². The van der Waals surface area contributed by atoms with Gasteiger partial charge in [-0.25, -0.2) is 8.78 Å². The van der Waals surface area contributed by atoms with Crippen molar-refractivity contribution in [2.75, 3.05) is 12.0 Å². The van der Waals surface area contributed by atoms with Gasteiger partial charge in [0.05, 0.1) is 10.7 Å². The molecule has 1 aromatic rings. The summed E-state index contributed by atoms with van der Waals surface area (Å²) in [5.41, 5.74) is 2.47. The number of hydrogen-bond acceptors (Lipinski definition) is 5. The van der Waals surface area contributed by atoms with E-state index >= 15 is 0 Å². The van der Waals surface area contributed by atoms with Gasteiger partial charge in [0.1, 0.15) is 24.5 Å². The van der Waals surface area contributed by atoms with E-state index in [2.05, 4.69) is 10.5 Å². The van der Waals surface area contributed by atoms with E-state index in [0.29, 0.717) is 5.69 Å². The highest BCUT2D eigenvalue weighted by Gasteiger charge is 2.07. The average Bonchev–Trinajstić information content (AvgIpc) is 2.38. The molecule has 0 unspecified atom stereocenters. The zero-order valence-electron chi connectivity index (χ0n) is 9.40. The molecule has 1 N–H and O–H groups in total. The molecule has 0 saturated carbocycles. The number of anilines is 1. The van der Waals surface area contributed by atoms with Gasteiger partial charge in [-0.15, -0.1) is 0 Å². The Balaban J connectivity index is 2.75. The smallest absolute Gasteiger partial charge is 0.272 e. The Morgan fingerprint density at radius 1 is 1.42 bits per heavy atom. The highest BCUT2D eigenvalue weighted by molar-refractivity contribution is 6.32. The highest BCUT2D eigenvalue weighted by Crippen LogP contribution is 2.27. The number of hydrazone groups is 1. The van der Waals surface area contributed by atoms with Crippen molar-refractivity contribution in [1.82, 2.24) is 0 Å². The van der Waals surface area contributed by atoms with E-state index < -0.39 is 13.0 Å². The molecule has 0 aromatic heterocycles. The second-order valence-electron chi connectivity index (χ2n) is 3.14. The Morgan fingerprint density at radius 3 is 2.63 bits per heavy atom. The maximum absolute atomic E-state index is 12.0. The lowest BCUT2D eigenvalue weighted by Crippen LogP contribution is -2.07. The molecule has 0 aliphatic heterocycles. The quantitative estimate of drug-likeness (QED) is 0.666.